The van der Waals surface area contributed by atoms with Crippen LogP contribution in [0.4, 0.5) is 0 Å². The Balaban J connectivity index is 2.40. The number of rotatable bonds is 0. The normalized spacial score (nSPS) is 28.1. The Morgan fingerprint density at radius 1 is 1.67 bits per heavy atom. The molecule has 0 radical (unpaired) electrons. The molecule has 1 fully saturated rings. The summed E-state index contributed by atoms with van der Waals surface area (Å²) in [7, 11) is 0. The van der Waals surface area contributed by atoms with Crippen molar-refractivity contribution in [2.45, 2.75) is 19.8 Å². The Kier molecular flexibility index (Phi) is 0.672. The summed E-state index contributed by atoms with van der Waals surface area (Å²) in [6.45, 7) is 1.88. The molecule has 2 heteroatoms. The predicted molar refractivity (Wildman–Crippen MR) is 30.4 cm³/mol. The lowest BCUT2D eigenvalue weighted by molar-refractivity contribution is -0.384. The summed E-state index contributed by atoms with van der Waals surface area (Å²) in [5, 5.41) is 11.0. The minimum Gasteiger partial charge on any atom is -0.869 e. The Morgan fingerprint density at radius 2 is 2.33 bits per heavy atom. The summed E-state index contributed by atoms with van der Waals surface area (Å²) in [6.07, 6.45) is 3.32. The van der Waals surface area contributed by atoms with Gasteiger partial charge in [-0.15, -0.1) is 0 Å². The van der Waals surface area contributed by atoms with Gasteiger partial charge in [-0.25, -0.2) is 4.42 Å². The highest BCUT2D eigenvalue weighted by Crippen LogP contribution is 2.52. The third kappa shape index (κ3) is 0.435. The molecule has 1 saturated carbocycles. The summed E-state index contributed by atoms with van der Waals surface area (Å²) < 4.78 is 4.98. The van der Waals surface area contributed by atoms with Crippen LogP contribution in [0.25, 0.3) is 0 Å². The number of carbonyl (C=O) groups excluding carboxylic acids is 1. The van der Waals surface area contributed by atoms with Gasteiger partial charge in [-0.2, -0.15) is 0 Å². The first-order valence-corrected chi connectivity index (χ1v) is 3.14. The van der Waals surface area contributed by atoms with Gasteiger partial charge in [0.2, 0.25) is 0 Å². The minimum absolute atomic E-state index is 0.139. The molecular weight excluding hydrogens is 116 g/mol. The molecule has 1 spiro atoms. The molecule has 1 heterocycles. The van der Waals surface area contributed by atoms with E-state index in [0.717, 1.165) is 18.6 Å². The SMILES string of the molecule is CC1=[O+]C=C([O-])C12CC2. The summed E-state index contributed by atoms with van der Waals surface area (Å²) >= 11 is 0. The number of ketones is 1. The molecule has 1 aliphatic carbocycles. The quantitative estimate of drug-likeness (QED) is 0.422. The van der Waals surface area contributed by atoms with Crippen molar-refractivity contribution in [3.63, 3.8) is 0 Å². The highest BCUT2D eigenvalue weighted by atomic mass is 16.4. The van der Waals surface area contributed by atoms with Gasteiger partial charge in [-0.3, -0.25) is 0 Å². The van der Waals surface area contributed by atoms with Crippen LogP contribution in [-0.4, -0.2) is 5.78 Å². The summed E-state index contributed by atoms with van der Waals surface area (Å²) in [6, 6.07) is 0. The van der Waals surface area contributed by atoms with E-state index in [9.17, 15) is 5.11 Å². The fourth-order valence-electron chi connectivity index (χ4n) is 1.26. The zero-order chi connectivity index (χ0) is 6.48. The molecular formula is C7H8O2. The maximum Gasteiger partial charge on any atom is 0.312 e. The van der Waals surface area contributed by atoms with Crippen molar-refractivity contribution in [2.75, 3.05) is 0 Å². The van der Waals surface area contributed by atoms with Gasteiger partial charge in [0.25, 0.3) is 0 Å². The van der Waals surface area contributed by atoms with E-state index in [2.05, 4.69) is 0 Å². The molecule has 48 valence electrons. The van der Waals surface area contributed by atoms with Crippen molar-refractivity contribution in [3.05, 3.63) is 12.0 Å². The zero-order valence-corrected chi connectivity index (χ0v) is 5.31. The van der Waals surface area contributed by atoms with E-state index in [1.165, 1.54) is 6.26 Å². The van der Waals surface area contributed by atoms with Crippen LogP contribution in [0.1, 0.15) is 19.8 Å². The van der Waals surface area contributed by atoms with E-state index < -0.39 is 0 Å². The average Bonchev–Trinajstić information content (AvgIpc) is 2.56. The molecule has 9 heavy (non-hydrogen) atoms. The van der Waals surface area contributed by atoms with Crippen LogP contribution in [0.2, 0.25) is 0 Å². The zero-order valence-electron chi connectivity index (χ0n) is 5.31. The maximum absolute atomic E-state index is 11.0. The van der Waals surface area contributed by atoms with Gasteiger partial charge in [0.1, 0.15) is 5.41 Å². The van der Waals surface area contributed by atoms with Crippen LogP contribution in [0.5, 0.6) is 0 Å². The second kappa shape index (κ2) is 1.20. The van der Waals surface area contributed by atoms with Crippen molar-refractivity contribution in [1.29, 1.82) is 0 Å². The second-order valence-electron chi connectivity index (χ2n) is 2.74. The highest BCUT2D eigenvalue weighted by Gasteiger charge is 2.55. The van der Waals surface area contributed by atoms with Gasteiger partial charge in [-0.05, 0) is 18.6 Å². The molecule has 0 bridgehead atoms. The van der Waals surface area contributed by atoms with Crippen LogP contribution in [0, 0.1) is 5.41 Å². The van der Waals surface area contributed by atoms with Crippen LogP contribution >= 0.6 is 0 Å². The average molecular weight is 124 g/mol. The molecule has 1 aliphatic heterocycles. The van der Waals surface area contributed by atoms with Crippen LogP contribution < -0.4 is 5.11 Å². The Morgan fingerprint density at radius 3 is 2.56 bits per heavy atom. The lowest BCUT2D eigenvalue weighted by atomic mass is 10.0. The molecule has 0 unspecified atom stereocenters. The first kappa shape index (κ1) is 5.03. The molecule has 0 aromatic carbocycles. The Labute approximate surface area is 53.5 Å². The van der Waals surface area contributed by atoms with Crippen LogP contribution in [-0.2, 0) is 4.42 Å². The minimum atomic E-state index is -0.139. The van der Waals surface area contributed by atoms with Gasteiger partial charge < -0.3 is 5.11 Å². The van der Waals surface area contributed by atoms with E-state index in [-0.39, 0.29) is 11.2 Å². The van der Waals surface area contributed by atoms with E-state index in [4.69, 9.17) is 4.42 Å². The molecule has 0 saturated heterocycles. The Hall–Kier alpha value is -0.790. The fraction of sp³-hybridized carbons (Fsp3) is 0.571. The van der Waals surface area contributed by atoms with Gasteiger partial charge in [0.15, 0.2) is 0 Å². The molecule has 0 aromatic rings. The summed E-state index contributed by atoms with van der Waals surface area (Å²) in [5.41, 5.74) is -0.139. The lowest BCUT2D eigenvalue weighted by Gasteiger charge is -2.07. The molecule has 0 N–H and O–H groups in total. The number of hydrogen-bond donors (Lipinski definition) is 0. The first-order valence-electron chi connectivity index (χ1n) is 3.14. The van der Waals surface area contributed by atoms with Gasteiger partial charge >= 0.3 is 12.0 Å². The topological polar surface area (TPSA) is 34.4 Å². The molecule has 0 aromatic heterocycles. The van der Waals surface area contributed by atoms with Gasteiger partial charge in [0, 0.05) is 6.92 Å². The van der Waals surface area contributed by atoms with Crippen molar-refractivity contribution in [2.24, 2.45) is 5.41 Å². The van der Waals surface area contributed by atoms with E-state index >= 15 is 0 Å². The Bertz CT molecular complexity index is 189. The van der Waals surface area contributed by atoms with Crippen molar-refractivity contribution in [1.82, 2.24) is 0 Å². The maximum atomic E-state index is 11.0. The standard InChI is InChI=1S/C7H8O2/c1-5-7(2-3-7)6(8)4-9-5/h4H,2-3H2,1H3. The van der Waals surface area contributed by atoms with E-state index in [0.29, 0.717) is 0 Å². The van der Waals surface area contributed by atoms with Gasteiger partial charge in [0.05, 0.1) is 0 Å². The second-order valence-corrected chi connectivity index (χ2v) is 2.74. The molecule has 0 amide bonds. The van der Waals surface area contributed by atoms with Gasteiger partial charge in [-0.1, -0.05) is 0 Å². The van der Waals surface area contributed by atoms with E-state index in [1.54, 1.807) is 0 Å². The van der Waals surface area contributed by atoms with Crippen molar-refractivity contribution < 1.29 is 9.53 Å². The number of allylic oxidation sites excluding steroid dienone is 1. The molecule has 0 atom stereocenters. The predicted octanol–water partition coefficient (Wildman–Crippen LogP) is 0.107. The summed E-state index contributed by atoms with van der Waals surface area (Å²) in [4.78, 5) is 0. The highest BCUT2D eigenvalue weighted by molar-refractivity contribution is 5.89. The fourth-order valence-corrected chi connectivity index (χ4v) is 1.26. The third-order valence-corrected chi connectivity index (χ3v) is 2.24. The molecule has 2 rings (SSSR count). The smallest absolute Gasteiger partial charge is 0.312 e. The number of hydrogen-bond acceptors (Lipinski definition) is 1. The largest absolute Gasteiger partial charge is 0.869 e. The molecule has 2 aliphatic rings. The van der Waals surface area contributed by atoms with E-state index in [1.807, 2.05) is 6.92 Å². The van der Waals surface area contributed by atoms with Crippen molar-refractivity contribution in [3.8, 4) is 0 Å². The van der Waals surface area contributed by atoms with Crippen LogP contribution in [0.15, 0.2) is 12.0 Å². The third-order valence-electron chi connectivity index (χ3n) is 2.24. The van der Waals surface area contributed by atoms with Crippen LogP contribution in [0.3, 0.4) is 0 Å². The molecule has 2 nitrogen and oxygen atoms in total. The lowest BCUT2D eigenvalue weighted by Crippen LogP contribution is -2.19. The van der Waals surface area contributed by atoms with Crippen molar-refractivity contribution >= 4 is 5.78 Å². The monoisotopic (exact) mass is 124 g/mol. The first-order chi connectivity index (χ1) is 4.26. The summed E-state index contributed by atoms with van der Waals surface area (Å²) in [5.74, 6) is 1.06.